The minimum Gasteiger partial charge on any atom is -0.506 e. The van der Waals surface area contributed by atoms with Crippen molar-refractivity contribution in [3.8, 4) is 25.9 Å². The van der Waals surface area contributed by atoms with Gasteiger partial charge in [0, 0.05) is 53.7 Å². The molecule has 42 heavy (non-hydrogen) atoms. The number of aromatic nitrogens is 1. The summed E-state index contributed by atoms with van der Waals surface area (Å²) >= 11 is 3.55. The van der Waals surface area contributed by atoms with E-state index in [9.17, 15) is 5.11 Å². The second-order valence-corrected chi connectivity index (χ2v) is 12.0. The number of phenolic OH excluding ortho intramolecular Hbond substituents is 1. The molecule has 7 rings (SSSR count). The van der Waals surface area contributed by atoms with Gasteiger partial charge < -0.3 is 10.0 Å². The standard InChI is InChI=1S/C37H26N2OS2/c40-33-21-20-31(32-12-7-25-38-37(32)33)34-23-24-36(42-34)35-22-19-30(41-35)18-15-26-13-16-29(17-14-26)39(27-8-3-1-4-9-27)28-10-5-2-6-11-28/h1-25,40H/b18-15+. The van der Waals surface area contributed by atoms with Crippen molar-refractivity contribution in [3.05, 3.63) is 150 Å². The molecule has 5 heteroatoms. The Balaban J connectivity index is 1.10. The lowest BCUT2D eigenvalue weighted by Gasteiger charge is -2.25. The maximum Gasteiger partial charge on any atom is 0.141 e. The van der Waals surface area contributed by atoms with Crippen molar-refractivity contribution < 1.29 is 5.11 Å². The van der Waals surface area contributed by atoms with Gasteiger partial charge >= 0.3 is 0 Å². The van der Waals surface area contributed by atoms with E-state index in [1.807, 2.05) is 30.3 Å². The van der Waals surface area contributed by atoms with Gasteiger partial charge in [-0.3, -0.25) is 4.98 Å². The van der Waals surface area contributed by atoms with Crippen molar-refractivity contribution in [2.75, 3.05) is 4.90 Å². The smallest absolute Gasteiger partial charge is 0.141 e. The summed E-state index contributed by atoms with van der Waals surface area (Å²) in [5.41, 5.74) is 6.25. The van der Waals surface area contributed by atoms with Gasteiger partial charge in [-0.1, -0.05) is 60.7 Å². The molecule has 0 radical (unpaired) electrons. The van der Waals surface area contributed by atoms with E-state index < -0.39 is 0 Å². The van der Waals surface area contributed by atoms with Crippen molar-refractivity contribution in [2.45, 2.75) is 0 Å². The van der Waals surface area contributed by atoms with Crippen molar-refractivity contribution in [2.24, 2.45) is 0 Å². The molecule has 7 aromatic rings. The van der Waals surface area contributed by atoms with Crippen LogP contribution in [0.5, 0.6) is 5.75 Å². The summed E-state index contributed by atoms with van der Waals surface area (Å²) in [5.74, 6) is 0.208. The molecule has 4 aromatic carbocycles. The van der Waals surface area contributed by atoms with Crippen LogP contribution < -0.4 is 4.90 Å². The lowest BCUT2D eigenvalue weighted by Crippen LogP contribution is -2.09. The van der Waals surface area contributed by atoms with Gasteiger partial charge in [0.2, 0.25) is 0 Å². The molecule has 0 aliphatic carbocycles. The summed E-state index contributed by atoms with van der Waals surface area (Å²) in [6.07, 6.45) is 6.07. The fourth-order valence-corrected chi connectivity index (χ4v) is 7.12. The average Bonchev–Trinajstić information content (AvgIpc) is 3.73. The second-order valence-electron chi connectivity index (χ2n) is 9.83. The summed E-state index contributed by atoms with van der Waals surface area (Å²) in [6, 6.07) is 45.9. The monoisotopic (exact) mass is 578 g/mol. The number of hydrogen-bond donors (Lipinski definition) is 1. The molecular formula is C37H26N2OS2. The van der Waals surface area contributed by atoms with Crippen LogP contribution in [0.25, 0.3) is 43.2 Å². The van der Waals surface area contributed by atoms with E-state index >= 15 is 0 Å². The van der Waals surface area contributed by atoms with Crippen molar-refractivity contribution in [1.82, 2.24) is 4.98 Å². The zero-order chi connectivity index (χ0) is 28.3. The third-order valence-corrected chi connectivity index (χ3v) is 9.47. The predicted octanol–water partition coefficient (Wildman–Crippen LogP) is 11.0. The van der Waals surface area contributed by atoms with Gasteiger partial charge in [0.1, 0.15) is 11.3 Å². The van der Waals surface area contributed by atoms with Crippen LogP contribution in [-0.2, 0) is 0 Å². The Morgan fingerprint density at radius 2 is 1.19 bits per heavy atom. The molecular weight excluding hydrogens is 553 g/mol. The number of thiophene rings is 2. The maximum atomic E-state index is 10.2. The number of nitrogens with zero attached hydrogens (tertiary/aromatic N) is 2. The molecule has 1 N–H and O–H groups in total. The number of hydrogen-bond acceptors (Lipinski definition) is 5. The zero-order valence-corrected chi connectivity index (χ0v) is 24.2. The van der Waals surface area contributed by atoms with Gasteiger partial charge in [-0.05, 0) is 90.5 Å². The molecule has 0 saturated heterocycles. The largest absolute Gasteiger partial charge is 0.506 e. The van der Waals surface area contributed by atoms with Crippen LogP contribution in [-0.4, -0.2) is 10.1 Å². The molecule has 3 aromatic heterocycles. The Bertz CT molecular complexity index is 1950. The molecule has 0 fully saturated rings. The van der Waals surface area contributed by atoms with Crippen LogP contribution in [0.2, 0.25) is 0 Å². The average molecular weight is 579 g/mol. The number of aromatic hydroxyl groups is 1. The summed E-state index contributed by atoms with van der Waals surface area (Å²) in [7, 11) is 0. The van der Waals surface area contributed by atoms with Crippen LogP contribution in [0.4, 0.5) is 17.1 Å². The van der Waals surface area contributed by atoms with E-state index in [0.29, 0.717) is 5.52 Å². The predicted molar refractivity (Wildman–Crippen MR) is 180 cm³/mol. The van der Waals surface area contributed by atoms with Crippen molar-refractivity contribution in [1.29, 1.82) is 0 Å². The van der Waals surface area contributed by atoms with Gasteiger partial charge in [-0.25, -0.2) is 0 Å². The van der Waals surface area contributed by atoms with E-state index in [0.717, 1.165) is 38.5 Å². The van der Waals surface area contributed by atoms with Gasteiger partial charge in [-0.2, -0.15) is 0 Å². The Hall–Kier alpha value is -4.97. The number of benzene rings is 4. The Morgan fingerprint density at radius 1 is 0.548 bits per heavy atom. The van der Waals surface area contributed by atoms with Gasteiger partial charge in [-0.15, -0.1) is 22.7 Å². The summed E-state index contributed by atoms with van der Waals surface area (Å²) in [4.78, 5) is 11.5. The molecule has 3 nitrogen and oxygen atoms in total. The van der Waals surface area contributed by atoms with Crippen LogP contribution in [0.1, 0.15) is 10.4 Å². The molecule has 0 unspecified atom stereocenters. The quantitative estimate of drug-likeness (QED) is 0.204. The number of pyridine rings is 1. The van der Waals surface area contributed by atoms with E-state index in [1.165, 1.54) is 14.6 Å². The van der Waals surface area contributed by atoms with Crippen molar-refractivity contribution in [3.63, 3.8) is 0 Å². The highest BCUT2D eigenvalue weighted by molar-refractivity contribution is 7.24. The zero-order valence-electron chi connectivity index (χ0n) is 22.6. The minimum atomic E-state index is 0.208. The Morgan fingerprint density at radius 3 is 1.93 bits per heavy atom. The highest BCUT2D eigenvalue weighted by Gasteiger charge is 2.13. The van der Waals surface area contributed by atoms with Gasteiger partial charge in [0.05, 0.1) is 0 Å². The van der Waals surface area contributed by atoms with E-state index in [-0.39, 0.29) is 5.75 Å². The second kappa shape index (κ2) is 11.5. The minimum absolute atomic E-state index is 0.208. The first kappa shape index (κ1) is 26.0. The third kappa shape index (κ3) is 5.23. The number of anilines is 3. The van der Waals surface area contributed by atoms with Gasteiger partial charge in [0.15, 0.2) is 0 Å². The first-order valence-corrected chi connectivity index (χ1v) is 15.3. The lowest BCUT2D eigenvalue weighted by molar-refractivity contribution is 0.480. The van der Waals surface area contributed by atoms with Crippen LogP contribution in [0.15, 0.2) is 140 Å². The van der Waals surface area contributed by atoms with E-state index in [2.05, 4.69) is 119 Å². The molecule has 3 heterocycles. The third-order valence-electron chi connectivity index (χ3n) is 7.11. The summed E-state index contributed by atoms with van der Waals surface area (Å²) in [5, 5.41) is 11.2. The van der Waals surface area contributed by atoms with E-state index in [1.54, 1.807) is 34.9 Å². The Labute approximate surface area is 252 Å². The Kier molecular flexibility index (Phi) is 7.10. The normalized spacial score (nSPS) is 11.3. The molecule has 202 valence electrons. The number of para-hydroxylation sites is 2. The van der Waals surface area contributed by atoms with E-state index in [4.69, 9.17) is 0 Å². The molecule has 0 bridgehead atoms. The summed E-state index contributed by atoms with van der Waals surface area (Å²) in [6.45, 7) is 0. The molecule has 0 amide bonds. The lowest BCUT2D eigenvalue weighted by atomic mass is 10.1. The fraction of sp³-hybridized carbons (Fsp3) is 0. The van der Waals surface area contributed by atoms with Crippen LogP contribution in [0.3, 0.4) is 0 Å². The molecule has 0 aliphatic rings. The van der Waals surface area contributed by atoms with Gasteiger partial charge in [0.25, 0.3) is 0 Å². The number of fused-ring (bicyclic) bond motifs is 1. The molecule has 0 aliphatic heterocycles. The SMILES string of the molecule is Oc1ccc(-c2ccc(-c3ccc(/C=C/c4ccc(N(c5ccccc5)c5ccccc5)cc4)s3)s2)c2cccnc12. The molecule has 0 saturated carbocycles. The molecule has 0 spiro atoms. The topological polar surface area (TPSA) is 36.4 Å². The number of rotatable bonds is 7. The highest BCUT2D eigenvalue weighted by Crippen LogP contribution is 2.41. The first-order chi connectivity index (χ1) is 20.7. The van der Waals surface area contributed by atoms with Crippen LogP contribution in [0, 0.1) is 0 Å². The fourth-order valence-electron chi connectivity index (χ4n) is 5.08. The maximum absolute atomic E-state index is 10.2. The summed E-state index contributed by atoms with van der Waals surface area (Å²) < 4.78 is 0. The van der Waals surface area contributed by atoms with Crippen LogP contribution >= 0.6 is 22.7 Å². The molecule has 0 atom stereocenters. The number of phenols is 1. The highest BCUT2D eigenvalue weighted by atomic mass is 32.1. The first-order valence-electron chi connectivity index (χ1n) is 13.7. The van der Waals surface area contributed by atoms with Crippen molar-refractivity contribution >= 4 is 62.8 Å².